The van der Waals surface area contributed by atoms with Gasteiger partial charge in [0.1, 0.15) is 0 Å². The smallest absolute Gasteiger partial charge is 0.353 e. The molecule has 0 radical (unpaired) electrons. The molecule has 1 aromatic rings. The fourth-order valence-electron chi connectivity index (χ4n) is 2.42. The average Bonchev–Trinajstić information content (AvgIpc) is 2.54. The van der Waals surface area contributed by atoms with E-state index in [1.54, 1.807) is 13.8 Å². The van der Waals surface area contributed by atoms with Crippen molar-refractivity contribution in [2.45, 2.75) is 19.8 Å². The number of esters is 1. The highest BCUT2D eigenvalue weighted by Crippen LogP contribution is 2.33. The van der Waals surface area contributed by atoms with Crippen LogP contribution in [0.1, 0.15) is 25.3 Å². The third kappa shape index (κ3) is 3.24. The number of benzene rings is 1. The van der Waals surface area contributed by atoms with E-state index in [0.29, 0.717) is 5.70 Å². The van der Waals surface area contributed by atoms with Gasteiger partial charge >= 0.3 is 11.9 Å². The lowest BCUT2D eigenvalue weighted by atomic mass is 9.84. The second-order valence-electron chi connectivity index (χ2n) is 4.96. The van der Waals surface area contributed by atoms with E-state index in [4.69, 9.17) is 4.74 Å². The largest absolute Gasteiger partial charge is 0.477 e. The first-order valence-electron chi connectivity index (χ1n) is 7.06. The van der Waals surface area contributed by atoms with Gasteiger partial charge < -0.3 is 9.84 Å². The summed E-state index contributed by atoms with van der Waals surface area (Å²) in [7, 11) is 0. The topological polar surface area (TPSA) is 131 Å². The van der Waals surface area contributed by atoms with Gasteiger partial charge in [-0.15, -0.1) is 0 Å². The summed E-state index contributed by atoms with van der Waals surface area (Å²) >= 11 is 0. The molecule has 1 aliphatic rings. The summed E-state index contributed by atoms with van der Waals surface area (Å²) in [6, 6.07) is 5.44. The summed E-state index contributed by atoms with van der Waals surface area (Å²) < 4.78 is 4.99. The van der Waals surface area contributed by atoms with E-state index >= 15 is 0 Å². The Kier molecular flexibility index (Phi) is 4.93. The Bertz CT molecular complexity index is 768. The van der Waals surface area contributed by atoms with Crippen molar-refractivity contribution in [2.24, 2.45) is 5.10 Å². The number of carboxylic acid groups (broad SMARTS) is 1. The van der Waals surface area contributed by atoms with Crippen molar-refractivity contribution in [1.82, 2.24) is 5.43 Å². The molecule has 0 saturated heterocycles. The number of carboxylic acids is 1. The molecule has 1 atom stereocenters. The zero-order chi connectivity index (χ0) is 17.9. The molecule has 1 heterocycles. The number of carbonyl (C=O) groups is 2. The molecule has 0 saturated carbocycles. The second kappa shape index (κ2) is 6.90. The third-order valence-corrected chi connectivity index (χ3v) is 3.44. The number of nitro benzene ring substituents is 1. The number of nitrogens with zero attached hydrogens (tertiary/aromatic N) is 2. The molecule has 24 heavy (non-hydrogen) atoms. The van der Waals surface area contributed by atoms with Gasteiger partial charge in [-0.2, -0.15) is 5.10 Å². The van der Waals surface area contributed by atoms with Crippen molar-refractivity contribution in [3.8, 4) is 0 Å². The number of ether oxygens (including phenoxy) is 1. The van der Waals surface area contributed by atoms with Crippen LogP contribution in [0.4, 0.5) is 5.69 Å². The van der Waals surface area contributed by atoms with Crippen molar-refractivity contribution >= 4 is 23.3 Å². The fourth-order valence-corrected chi connectivity index (χ4v) is 2.42. The first kappa shape index (κ1) is 17.1. The minimum atomic E-state index is -1.34. The Labute approximate surface area is 136 Å². The van der Waals surface area contributed by atoms with Crippen molar-refractivity contribution < 1.29 is 24.4 Å². The minimum absolute atomic E-state index is 0.0600. The normalized spacial score (nSPS) is 16.9. The van der Waals surface area contributed by atoms with Gasteiger partial charge in [0.15, 0.2) is 5.71 Å². The average molecular weight is 333 g/mol. The first-order chi connectivity index (χ1) is 11.4. The number of allylic oxidation sites excluding steroid dienone is 1. The molecule has 0 aromatic heterocycles. The van der Waals surface area contributed by atoms with Crippen LogP contribution in [0.2, 0.25) is 0 Å². The Hall–Kier alpha value is -3.23. The van der Waals surface area contributed by atoms with Crippen molar-refractivity contribution in [1.29, 1.82) is 0 Å². The van der Waals surface area contributed by atoms with Crippen molar-refractivity contribution in [3.63, 3.8) is 0 Å². The van der Waals surface area contributed by atoms with E-state index in [0.717, 1.165) is 0 Å². The second-order valence-corrected chi connectivity index (χ2v) is 4.96. The van der Waals surface area contributed by atoms with Crippen LogP contribution in [0.15, 0.2) is 40.6 Å². The number of hydrogen-bond donors (Lipinski definition) is 2. The highest BCUT2D eigenvalue weighted by atomic mass is 16.6. The van der Waals surface area contributed by atoms with Gasteiger partial charge in [-0.25, -0.2) is 9.59 Å². The summed E-state index contributed by atoms with van der Waals surface area (Å²) in [5.41, 5.74) is 2.60. The molecule has 2 rings (SSSR count). The molecular weight excluding hydrogens is 318 g/mol. The standard InChI is InChI=1S/C15H15N3O6/c1-3-24-15(21)11-8(2)16-17-13(14(19)20)12(11)9-5-4-6-10(7-9)18(22)23/h4-7,12,16H,3H2,1-2H3,(H,19,20). The van der Waals surface area contributed by atoms with Crippen molar-refractivity contribution in [3.05, 3.63) is 51.2 Å². The monoisotopic (exact) mass is 333 g/mol. The Balaban J connectivity index is 2.61. The van der Waals surface area contributed by atoms with Gasteiger partial charge in [-0.3, -0.25) is 15.5 Å². The number of hydrogen-bond acceptors (Lipinski definition) is 7. The molecule has 1 aromatic carbocycles. The summed E-state index contributed by atoms with van der Waals surface area (Å²) in [6.07, 6.45) is 0. The van der Waals surface area contributed by atoms with Crippen molar-refractivity contribution in [2.75, 3.05) is 6.61 Å². The van der Waals surface area contributed by atoms with Crippen LogP contribution in [0.3, 0.4) is 0 Å². The van der Waals surface area contributed by atoms with Crippen LogP contribution in [-0.2, 0) is 14.3 Å². The fraction of sp³-hybridized carbons (Fsp3) is 0.267. The van der Waals surface area contributed by atoms with Crippen LogP contribution in [0, 0.1) is 10.1 Å². The lowest BCUT2D eigenvalue weighted by molar-refractivity contribution is -0.384. The van der Waals surface area contributed by atoms with Gasteiger partial charge in [0.25, 0.3) is 5.69 Å². The predicted molar refractivity (Wildman–Crippen MR) is 83.4 cm³/mol. The van der Waals surface area contributed by atoms with E-state index < -0.39 is 22.8 Å². The predicted octanol–water partition coefficient (Wildman–Crippen LogP) is 1.56. The number of hydrazone groups is 1. The molecule has 9 heteroatoms. The molecule has 0 spiro atoms. The highest BCUT2D eigenvalue weighted by molar-refractivity contribution is 6.39. The third-order valence-electron chi connectivity index (χ3n) is 3.44. The number of carbonyl (C=O) groups excluding carboxylic acids is 1. The number of aliphatic carboxylic acids is 1. The van der Waals surface area contributed by atoms with Crippen LogP contribution >= 0.6 is 0 Å². The Morgan fingerprint density at radius 2 is 2.17 bits per heavy atom. The molecule has 2 N–H and O–H groups in total. The zero-order valence-corrected chi connectivity index (χ0v) is 13.0. The number of non-ortho nitro benzene ring substituents is 1. The SMILES string of the molecule is CCOC(=O)C1=C(C)NN=C(C(=O)O)C1c1cccc([N+](=O)[O-])c1. The molecular formula is C15H15N3O6. The van der Waals surface area contributed by atoms with Gasteiger partial charge in [-0.05, 0) is 19.4 Å². The molecule has 0 fully saturated rings. The van der Waals surface area contributed by atoms with Crippen LogP contribution in [0.25, 0.3) is 0 Å². The van der Waals surface area contributed by atoms with Gasteiger partial charge in [-0.1, -0.05) is 12.1 Å². The van der Waals surface area contributed by atoms with E-state index in [1.165, 1.54) is 24.3 Å². The molecule has 1 unspecified atom stereocenters. The number of nitro groups is 1. The van der Waals surface area contributed by atoms with E-state index in [9.17, 15) is 24.8 Å². The maximum absolute atomic E-state index is 12.3. The highest BCUT2D eigenvalue weighted by Gasteiger charge is 2.37. The quantitative estimate of drug-likeness (QED) is 0.475. The van der Waals surface area contributed by atoms with Gasteiger partial charge in [0, 0.05) is 17.8 Å². The maximum atomic E-state index is 12.3. The lowest BCUT2D eigenvalue weighted by Gasteiger charge is -2.25. The Morgan fingerprint density at radius 3 is 2.75 bits per heavy atom. The van der Waals surface area contributed by atoms with E-state index in [1.807, 2.05) is 0 Å². The van der Waals surface area contributed by atoms with Crippen LogP contribution in [-0.4, -0.2) is 34.3 Å². The van der Waals surface area contributed by atoms with Crippen LogP contribution < -0.4 is 5.43 Å². The molecule has 9 nitrogen and oxygen atoms in total. The summed E-state index contributed by atoms with van der Waals surface area (Å²) in [4.78, 5) is 34.2. The maximum Gasteiger partial charge on any atom is 0.353 e. The van der Waals surface area contributed by atoms with Gasteiger partial charge in [0.05, 0.1) is 23.0 Å². The minimum Gasteiger partial charge on any atom is -0.477 e. The molecule has 126 valence electrons. The molecule has 0 bridgehead atoms. The number of rotatable bonds is 5. The summed E-state index contributed by atoms with van der Waals surface area (Å²) in [5, 5.41) is 24.1. The lowest BCUT2D eigenvalue weighted by Crippen LogP contribution is -2.35. The summed E-state index contributed by atoms with van der Waals surface area (Å²) in [5.74, 6) is -3.11. The Morgan fingerprint density at radius 1 is 1.46 bits per heavy atom. The number of nitrogens with one attached hydrogen (secondary N) is 1. The zero-order valence-electron chi connectivity index (χ0n) is 13.0. The first-order valence-corrected chi connectivity index (χ1v) is 7.06. The van der Waals surface area contributed by atoms with E-state index in [2.05, 4.69) is 10.5 Å². The molecule has 0 aliphatic carbocycles. The molecule has 0 amide bonds. The summed E-state index contributed by atoms with van der Waals surface area (Å²) in [6.45, 7) is 3.29. The molecule has 1 aliphatic heterocycles. The van der Waals surface area contributed by atoms with E-state index in [-0.39, 0.29) is 29.1 Å². The van der Waals surface area contributed by atoms with Crippen LogP contribution in [0.5, 0.6) is 0 Å². The van der Waals surface area contributed by atoms with Gasteiger partial charge in [0.2, 0.25) is 0 Å².